The summed E-state index contributed by atoms with van der Waals surface area (Å²) in [7, 11) is 0. The minimum Gasteiger partial charge on any atom is -0.489 e. The van der Waals surface area contributed by atoms with Crippen molar-refractivity contribution in [1.29, 1.82) is 0 Å². The van der Waals surface area contributed by atoms with Crippen molar-refractivity contribution in [3.8, 4) is 5.75 Å². The van der Waals surface area contributed by atoms with Crippen LogP contribution >= 0.6 is 23.4 Å². The van der Waals surface area contributed by atoms with Gasteiger partial charge < -0.3 is 25.0 Å². The highest BCUT2D eigenvalue weighted by Crippen LogP contribution is 2.35. The largest absolute Gasteiger partial charge is 0.489 e. The SMILES string of the molecule is CC(C)(C)OC(=O)NC(CC(O)CCO)c1ccc(Sc2ccc(OCc3ccccc3)cc2)cc1Cl. The molecule has 6 nitrogen and oxygen atoms in total. The molecule has 1 amide bonds. The highest BCUT2D eigenvalue weighted by atomic mass is 35.5. The van der Waals surface area contributed by atoms with Crippen LogP contribution in [0.5, 0.6) is 5.75 Å². The number of carbonyl (C=O) groups is 1. The molecular formula is C29H34ClNO5S. The molecule has 0 aliphatic rings. The van der Waals surface area contributed by atoms with Crippen molar-refractivity contribution in [1.82, 2.24) is 5.32 Å². The zero-order chi connectivity index (χ0) is 26.8. The van der Waals surface area contributed by atoms with Gasteiger partial charge in [-0.25, -0.2) is 4.79 Å². The molecule has 2 unspecified atom stereocenters. The molecular weight excluding hydrogens is 510 g/mol. The highest BCUT2D eigenvalue weighted by molar-refractivity contribution is 7.99. The Morgan fingerprint density at radius 1 is 1.03 bits per heavy atom. The maximum Gasteiger partial charge on any atom is 0.408 e. The minimum atomic E-state index is -0.808. The zero-order valence-electron chi connectivity index (χ0n) is 21.3. The van der Waals surface area contributed by atoms with E-state index in [4.69, 9.17) is 21.1 Å². The van der Waals surface area contributed by atoms with Gasteiger partial charge in [-0.3, -0.25) is 0 Å². The topological polar surface area (TPSA) is 88.0 Å². The summed E-state index contributed by atoms with van der Waals surface area (Å²) in [6.07, 6.45) is -1.02. The average Bonchev–Trinajstić information content (AvgIpc) is 2.83. The van der Waals surface area contributed by atoms with E-state index in [0.29, 0.717) is 17.2 Å². The van der Waals surface area contributed by atoms with Gasteiger partial charge in [0.2, 0.25) is 0 Å². The molecule has 0 aromatic heterocycles. The molecule has 2 atom stereocenters. The van der Waals surface area contributed by atoms with E-state index >= 15 is 0 Å². The van der Waals surface area contributed by atoms with Crippen molar-refractivity contribution in [3.63, 3.8) is 0 Å². The van der Waals surface area contributed by atoms with E-state index in [1.165, 1.54) is 0 Å². The number of benzene rings is 3. The maximum absolute atomic E-state index is 12.4. The third kappa shape index (κ3) is 9.93. The smallest absolute Gasteiger partial charge is 0.408 e. The molecule has 8 heteroatoms. The summed E-state index contributed by atoms with van der Waals surface area (Å²) in [5, 5.41) is 22.7. The summed E-state index contributed by atoms with van der Waals surface area (Å²) in [6, 6.07) is 22.9. The Morgan fingerprint density at radius 3 is 2.32 bits per heavy atom. The lowest BCUT2D eigenvalue weighted by Crippen LogP contribution is -2.36. The normalized spacial score (nSPS) is 13.0. The van der Waals surface area contributed by atoms with Crippen LogP contribution in [0.2, 0.25) is 5.02 Å². The molecule has 3 N–H and O–H groups in total. The molecule has 0 aliphatic heterocycles. The Bertz CT molecular complexity index is 1140. The fourth-order valence-electron chi connectivity index (χ4n) is 3.59. The molecule has 3 aromatic rings. The molecule has 0 spiro atoms. The standard InChI is InChI=1S/C29H34ClNO5S/c1-29(2,3)36-28(34)31-27(17-21(33)15-16-32)25-14-13-24(18-26(25)30)37-23-11-9-22(10-12-23)35-19-20-7-5-4-6-8-20/h4-14,18,21,27,32-33H,15-17,19H2,1-3H3,(H,31,34). The van der Waals surface area contributed by atoms with Gasteiger partial charge in [-0.2, -0.15) is 0 Å². The summed E-state index contributed by atoms with van der Waals surface area (Å²) >= 11 is 8.19. The second kappa shape index (κ2) is 13.7. The van der Waals surface area contributed by atoms with Gasteiger partial charge >= 0.3 is 6.09 Å². The third-order valence-electron chi connectivity index (χ3n) is 5.32. The summed E-state index contributed by atoms with van der Waals surface area (Å²) in [6.45, 7) is 5.70. The van der Waals surface area contributed by atoms with Gasteiger partial charge in [0.05, 0.1) is 12.1 Å². The first-order chi connectivity index (χ1) is 17.6. The summed E-state index contributed by atoms with van der Waals surface area (Å²) in [5.74, 6) is 0.791. The minimum absolute atomic E-state index is 0.153. The fourth-order valence-corrected chi connectivity index (χ4v) is 4.82. The van der Waals surface area contributed by atoms with Crippen molar-refractivity contribution >= 4 is 29.5 Å². The number of halogens is 1. The molecule has 0 saturated heterocycles. The van der Waals surface area contributed by atoms with Crippen LogP contribution < -0.4 is 10.1 Å². The number of aliphatic hydroxyl groups is 2. The molecule has 0 saturated carbocycles. The molecule has 0 radical (unpaired) electrons. The molecule has 0 fully saturated rings. The molecule has 0 heterocycles. The number of ether oxygens (including phenoxy) is 2. The molecule has 0 aliphatic carbocycles. The van der Waals surface area contributed by atoms with Crippen molar-refractivity contribution in [2.24, 2.45) is 0 Å². The van der Waals surface area contributed by atoms with E-state index in [9.17, 15) is 15.0 Å². The van der Waals surface area contributed by atoms with Crippen molar-refractivity contribution in [2.75, 3.05) is 6.61 Å². The number of hydrogen-bond donors (Lipinski definition) is 3. The molecule has 3 rings (SSSR count). The summed E-state index contributed by atoms with van der Waals surface area (Å²) < 4.78 is 11.2. The molecule has 0 bridgehead atoms. The lowest BCUT2D eigenvalue weighted by atomic mass is 9.99. The predicted molar refractivity (Wildman–Crippen MR) is 147 cm³/mol. The summed E-state index contributed by atoms with van der Waals surface area (Å²) in [5.41, 5.74) is 1.11. The Balaban J connectivity index is 1.67. The maximum atomic E-state index is 12.4. The van der Waals surface area contributed by atoms with Crippen LogP contribution in [0.15, 0.2) is 82.6 Å². The van der Waals surface area contributed by atoms with E-state index in [0.717, 1.165) is 21.1 Å². The van der Waals surface area contributed by atoms with Crippen molar-refractivity contribution < 1.29 is 24.5 Å². The average molecular weight is 544 g/mol. The van der Waals surface area contributed by atoms with Crippen LogP contribution in [0.25, 0.3) is 0 Å². The van der Waals surface area contributed by atoms with Gasteiger partial charge in [-0.05, 0) is 81.1 Å². The quantitative estimate of drug-likeness (QED) is 0.247. The molecule has 198 valence electrons. The zero-order valence-corrected chi connectivity index (χ0v) is 22.9. The number of carbonyl (C=O) groups excluding carboxylic acids is 1. The van der Waals surface area contributed by atoms with E-state index < -0.39 is 23.8 Å². The number of alkyl carbamates (subject to hydrolysis) is 1. The number of rotatable bonds is 11. The van der Waals surface area contributed by atoms with E-state index in [-0.39, 0.29) is 19.4 Å². The number of nitrogens with one attached hydrogen (secondary N) is 1. The Morgan fingerprint density at radius 2 is 1.70 bits per heavy atom. The van der Waals surface area contributed by atoms with Crippen LogP contribution in [0, 0.1) is 0 Å². The third-order valence-corrected chi connectivity index (χ3v) is 6.64. The predicted octanol–water partition coefficient (Wildman–Crippen LogP) is 6.77. The van der Waals surface area contributed by atoms with Crippen LogP contribution in [0.1, 0.15) is 50.8 Å². The molecule has 37 heavy (non-hydrogen) atoms. The van der Waals surface area contributed by atoms with Gasteiger partial charge in [-0.15, -0.1) is 0 Å². The highest BCUT2D eigenvalue weighted by Gasteiger charge is 2.24. The number of aliphatic hydroxyl groups excluding tert-OH is 2. The van der Waals surface area contributed by atoms with Gasteiger partial charge in [0.25, 0.3) is 0 Å². The number of amides is 1. The first-order valence-electron chi connectivity index (χ1n) is 12.2. The second-order valence-electron chi connectivity index (χ2n) is 9.63. The van der Waals surface area contributed by atoms with Crippen LogP contribution in [-0.2, 0) is 11.3 Å². The first kappa shape index (κ1) is 28.9. The van der Waals surface area contributed by atoms with E-state index in [1.54, 1.807) is 32.5 Å². The molecule has 3 aromatic carbocycles. The van der Waals surface area contributed by atoms with Gasteiger partial charge in [-0.1, -0.05) is 59.8 Å². The second-order valence-corrected chi connectivity index (χ2v) is 11.2. The van der Waals surface area contributed by atoms with E-state index in [1.807, 2.05) is 72.8 Å². The van der Waals surface area contributed by atoms with Gasteiger partial charge in [0, 0.05) is 21.4 Å². The van der Waals surface area contributed by atoms with Crippen molar-refractivity contribution in [2.45, 2.75) is 67.8 Å². The van der Waals surface area contributed by atoms with Crippen LogP contribution in [0.3, 0.4) is 0 Å². The lowest BCUT2D eigenvalue weighted by molar-refractivity contribution is 0.0475. The van der Waals surface area contributed by atoms with Gasteiger partial charge in [0.1, 0.15) is 18.0 Å². The van der Waals surface area contributed by atoms with Crippen LogP contribution in [0.4, 0.5) is 4.79 Å². The van der Waals surface area contributed by atoms with E-state index in [2.05, 4.69) is 5.32 Å². The Hall–Kier alpha value is -2.71. The van der Waals surface area contributed by atoms with Gasteiger partial charge in [0.15, 0.2) is 0 Å². The van der Waals surface area contributed by atoms with Crippen LogP contribution in [-0.4, -0.2) is 34.6 Å². The first-order valence-corrected chi connectivity index (χ1v) is 13.3. The number of hydrogen-bond acceptors (Lipinski definition) is 6. The summed E-state index contributed by atoms with van der Waals surface area (Å²) in [4.78, 5) is 14.4. The van der Waals surface area contributed by atoms with Crippen molar-refractivity contribution in [3.05, 3.63) is 88.9 Å². The Kier molecular flexibility index (Phi) is 10.7. The Labute approximate surface area is 228 Å². The fraction of sp³-hybridized carbons (Fsp3) is 0.345. The lowest BCUT2D eigenvalue weighted by Gasteiger charge is -2.26. The monoisotopic (exact) mass is 543 g/mol.